The van der Waals surface area contributed by atoms with Crippen molar-refractivity contribution >= 4 is 17.5 Å². The van der Waals surface area contributed by atoms with Crippen molar-refractivity contribution in [1.29, 1.82) is 0 Å². The first-order valence-electron chi connectivity index (χ1n) is 6.75. The lowest BCUT2D eigenvalue weighted by Crippen LogP contribution is -2.56. The molecule has 1 aromatic heterocycles. The molecule has 19 heavy (non-hydrogen) atoms. The van der Waals surface area contributed by atoms with Crippen LogP contribution in [0.5, 0.6) is 0 Å². The molecule has 0 aromatic carbocycles. The molecule has 2 aliphatic rings. The number of carbonyl (C=O) groups excluding carboxylic acids is 1. The largest absolute Gasteiger partial charge is 0.334 e. The number of rotatable bonds is 1. The Labute approximate surface area is 117 Å². The molecule has 1 unspecified atom stereocenters. The van der Waals surface area contributed by atoms with E-state index in [9.17, 15) is 4.79 Å². The van der Waals surface area contributed by atoms with Crippen LogP contribution < -0.4 is 0 Å². The van der Waals surface area contributed by atoms with Crippen molar-refractivity contribution < 1.29 is 4.79 Å². The highest BCUT2D eigenvalue weighted by Gasteiger charge is 2.31. The van der Waals surface area contributed by atoms with E-state index in [4.69, 9.17) is 11.6 Å². The molecular weight excluding hydrogens is 264 g/mol. The molecule has 2 fully saturated rings. The van der Waals surface area contributed by atoms with Crippen molar-refractivity contribution in [3.8, 4) is 0 Å². The minimum absolute atomic E-state index is 0.0553. The second kappa shape index (κ2) is 5.43. The standard InChI is InChI=1S/C13H17ClN4O/c14-12-8-15-7-11(16-12)13(19)18-6-5-17-4-2-1-3-10(17)9-18/h7-8,10H,1-6,9H2. The Morgan fingerprint density at radius 2 is 2.16 bits per heavy atom. The number of hydrogen-bond acceptors (Lipinski definition) is 4. The fourth-order valence-corrected chi connectivity index (χ4v) is 3.10. The number of piperidine rings is 1. The van der Waals surface area contributed by atoms with Gasteiger partial charge in [-0.3, -0.25) is 14.7 Å². The average Bonchev–Trinajstić information content (AvgIpc) is 2.46. The summed E-state index contributed by atoms with van der Waals surface area (Å²) in [6, 6.07) is 0.513. The Bertz CT molecular complexity index is 481. The van der Waals surface area contributed by atoms with Crippen molar-refractivity contribution in [1.82, 2.24) is 19.8 Å². The Morgan fingerprint density at radius 1 is 1.26 bits per heavy atom. The zero-order chi connectivity index (χ0) is 13.2. The number of aromatic nitrogens is 2. The molecule has 2 aliphatic heterocycles. The molecule has 0 saturated carbocycles. The maximum atomic E-state index is 12.4. The number of hydrogen-bond donors (Lipinski definition) is 0. The summed E-state index contributed by atoms with van der Waals surface area (Å²) in [4.78, 5) is 24.7. The molecule has 0 N–H and O–H groups in total. The van der Waals surface area contributed by atoms with E-state index >= 15 is 0 Å². The van der Waals surface area contributed by atoms with Crippen molar-refractivity contribution in [2.75, 3.05) is 26.2 Å². The van der Waals surface area contributed by atoms with E-state index in [1.54, 1.807) is 0 Å². The van der Waals surface area contributed by atoms with Crippen molar-refractivity contribution in [3.05, 3.63) is 23.2 Å². The molecule has 0 spiro atoms. The summed E-state index contributed by atoms with van der Waals surface area (Å²) in [6.45, 7) is 3.70. The summed E-state index contributed by atoms with van der Waals surface area (Å²) in [5, 5.41) is 0.266. The molecule has 1 amide bonds. The van der Waals surface area contributed by atoms with Crippen LogP contribution in [0.15, 0.2) is 12.4 Å². The van der Waals surface area contributed by atoms with Gasteiger partial charge < -0.3 is 4.90 Å². The van der Waals surface area contributed by atoms with Gasteiger partial charge in [0.05, 0.1) is 12.4 Å². The van der Waals surface area contributed by atoms with Gasteiger partial charge in [-0.1, -0.05) is 18.0 Å². The minimum Gasteiger partial charge on any atom is -0.334 e. The highest BCUT2D eigenvalue weighted by molar-refractivity contribution is 6.29. The first-order valence-corrected chi connectivity index (χ1v) is 7.13. The van der Waals surface area contributed by atoms with E-state index in [1.807, 2.05) is 4.90 Å². The molecule has 1 atom stereocenters. The zero-order valence-electron chi connectivity index (χ0n) is 10.8. The molecule has 0 aliphatic carbocycles. The quantitative estimate of drug-likeness (QED) is 0.781. The van der Waals surface area contributed by atoms with E-state index in [0.717, 1.165) is 19.6 Å². The van der Waals surface area contributed by atoms with Crippen LogP contribution in [-0.2, 0) is 0 Å². The van der Waals surface area contributed by atoms with Crippen LogP contribution in [-0.4, -0.2) is 57.9 Å². The summed E-state index contributed by atoms with van der Waals surface area (Å²) in [5.41, 5.74) is 0.344. The smallest absolute Gasteiger partial charge is 0.274 e. The number of fused-ring (bicyclic) bond motifs is 1. The lowest BCUT2D eigenvalue weighted by atomic mass is 9.99. The van der Waals surface area contributed by atoms with Gasteiger partial charge in [-0.15, -0.1) is 0 Å². The first-order chi connectivity index (χ1) is 9.24. The third-order valence-corrected chi connectivity index (χ3v) is 4.13. The van der Waals surface area contributed by atoms with Crippen LogP contribution >= 0.6 is 11.6 Å². The van der Waals surface area contributed by atoms with Gasteiger partial charge in [0.25, 0.3) is 5.91 Å². The number of piperazine rings is 1. The molecular formula is C13H17ClN4O. The van der Waals surface area contributed by atoms with Crippen LogP contribution in [0.2, 0.25) is 5.15 Å². The molecule has 6 heteroatoms. The number of amides is 1. The van der Waals surface area contributed by atoms with Gasteiger partial charge in [-0.05, 0) is 19.4 Å². The fraction of sp³-hybridized carbons (Fsp3) is 0.615. The SMILES string of the molecule is O=C(c1cncc(Cl)n1)N1CCN2CCCCC2C1. The first kappa shape index (κ1) is 12.8. The van der Waals surface area contributed by atoms with E-state index in [-0.39, 0.29) is 11.1 Å². The van der Waals surface area contributed by atoms with Crippen LogP contribution in [0.3, 0.4) is 0 Å². The summed E-state index contributed by atoms with van der Waals surface area (Å²) >= 11 is 5.79. The summed E-state index contributed by atoms with van der Waals surface area (Å²) in [5.74, 6) is -0.0553. The van der Waals surface area contributed by atoms with Gasteiger partial charge >= 0.3 is 0 Å². The third kappa shape index (κ3) is 2.72. The molecule has 5 nitrogen and oxygen atoms in total. The normalized spacial score (nSPS) is 24.1. The molecule has 3 heterocycles. The zero-order valence-corrected chi connectivity index (χ0v) is 11.5. The average molecular weight is 281 g/mol. The Morgan fingerprint density at radius 3 is 3.00 bits per heavy atom. The lowest BCUT2D eigenvalue weighted by molar-refractivity contribution is 0.0368. The number of carbonyl (C=O) groups is 1. The van der Waals surface area contributed by atoms with E-state index < -0.39 is 0 Å². The highest BCUT2D eigenvalue weighted by atomic mass is 35.5. The number of nitrogens with zero attached hydrogens (tertiary/aromatic N) is 4. The van der Waals surface area contributed by atoms with Gasteiger partial charge in [0.2, 0.25) is 0 Å². The van der Waals surface area contributed by atoms with Gasteiger partial charge in [-0.2, -0.15) is 0 Å². The second-order valence-corrected chi connectivity index (χ2v) is 5.55. The molecule has 1 aromatic rings. The maximum Gasteiger partial charge on any atom is 0.274 e. The van der Waals surface area contributed by atoms with Gasteiger partial charge in [-0.25, -0.2) is 4.98 Å². The van der Waals surface area contributed by atoms with E-state index in [2.05, 4.69) is 14.9 Å². The third-order valence-electron chi connectivity index (χ3n) is 3.95. The van der Waals surface area contributed by atoms with Crippen molar-refractivity contribution in [2.45, 2.75) is 25.3 Å². The van der Waals surface area contributed by atoms with Crippen LogP contribution in [0.1, 0.15) is 29.8 Å². The van der Waals surface area contributed by atoms with Gasteiger partial charge in [0, 0.05) is 25.7 Å². The fourth-order valence-electron chi connectivity index (χ4n) is 2.95. The minimum atomic E-state index is -0.0553. The Kier molecular flexibility index (Phi) is 3.66. The van der Waals surface area contributed by atoms with Crippen molar-refractivity contribution in [2.24, 2.45) is 0 Å². The summed E-state index contributed by atoms with van der Waals surface area (Å²) in [6.07, 6.45) is 6.66. The van der Waals surface area contributed by atoms with Gasteiger partial charge in [0.15, 0.2) is 0 Å². The van der Waals surface area contributed by atoms with Crippen molar-refractivity contribution in [3.63, 3.8) is 0 Å². The molecule has 0 radical (unpaired) electrons. The molecule has 0 bridgehead atoms. The van der Waals surface area contributed by atoms with Crippen LogP contribution in [0, 0.1) is 0 Å². The lowest BCUT2D eigenvalue weighted by Gasteiger charge is -2.43. The Hall–Kier alpha value is -1.20. The second-order valence-electron chi connectivity index (χ2n) is 5.16. The summed E-state index contributed by atoms with van der Waals surface area (Å²) in [7, 11) is 0. The molecule has 3 rings (SSSR count). The Balaban J connectivity index is 1.71. The summed E-state index contributed by atoms with van der Waals surface area (Å²) < 4.78 is 0. The van der Waals surface area contributed by atoms with E-state index in [0.29, 0.717) is 11.7 Å². The monoisotopic (exact) mass is 280 g/mol. The van der Waals surface area contributed by atoms with Gasteiger partial charge in [0.1, 0.15) is 10.8 Å². The number of halogens is 1. The van der Waals surface area contributed by atoms with E-state index in [1.165, 1.54) is 38.2 Å². The van der Waals surface area contributed by atoms with Crippen LogP contribution in [0.25, 0.3) is 0 Å². The predicted octanol–water partition coefficient (Wildman–Crippen LogP) is 1.44. The topological polar surface area (TPSA) is 49.3 Å². The highest BCUT2D eigenvalue weighted by Crippen LogP contribution is 2.21. The molecule has 102 valence electrons. The van der Waals surface area contributed by atoms with Crippen LogP contribution in [0.4, 0.5) is 0 Å². The molecule has 2 saturated heterocycles. The predicted molar refractivity (Wildman–Crippen MR) is 72.2 cm³/mol. The maximum absolute atomic E-state index is 12.4.